The van der Waals surface area contributed by atoms with Gasteiger partial charge < -0.3 is 9.64 Å². The Morgan fingerprint density at radius 2 is 1.65 bits per heavy atom. The van der Waals surface area contributed by atoms with Crippen LogP contribution in [0.2, 0.25) is 0 Å². The summed E-state index contributed by atoms with van der Waals surface area (Å²) in [4.78, 5) is 15.2. The predicted molar refractivity (Wildman–Crippen MR) is 105 cm³/mol. The quantitative estimate of drug-likeness (QED) is 0.780. The fraction of sp³-hybridized carbons (Fsp3) is 0.435. The van der Waals surface area contributed by atoms with E-state index in [-0.39, 0.29) is 11.8 Å². The molecule has 3 atom stereocenters. The summed E-state index contributed by atoms with van der Waals surface area (Å²) in [6.07, 6.45) is 1.68. The Hall–Kier alpha value is -2.29. The lowest BCUT2D eigenvalue weighted by molar-refractivity contribution is -0.134. The summed E-state index contributed by atoms with van der Waals surface area (Å²) in [5.74, 6) is 2.23. The van der Waals surface area contributed by atoms with E-state index in [9.17, 15) is 4.79 Å². The molecule has 0 N–H and O–H groups in total. The van der Waals surface area contributed by atoms with Crippen molar-refractivity contribution in [2.24, 2.45) is 11.8 Å². The van der Waals surface area contributed by atoms with Crippen LogP contribution in [0.15, 0.2) is 54.6 Å². The lowest BCUT2D eigenvalue weighted by atomic mass is 9.86. The molecule has 1 amide bonds. The van der Waals surface area contributed by atoms with Crippen LogP contribution in [0.5, 0.6) is 5.75 Å². The molecule has 1 fully saturated rings. The average molecular weight is 351 g/mol. The van der Waals surface area contributed by atoms with Crippen LogP contribution >= 0.6 is 0 Å². The van der Waals surface area contributed by atoms with Crippen molar-refractivity contribution in [2.75, 3.05) is 20.2 Å². The second-order valence-electron chi connectivity index (χ2n) is 7.65. The van der Waals surface area contributed by atoms with Gasteiger partial charge >= 0.3 is 0 Å². The molecule has 1 unspecified atom stereocenters. The van der Waals surface area contributed by atoms with Gasteiger partial charge in [0.1, 0.15) is 5.75 Å². The van der Waals surface area contributed by atoms with Crippen LogP contribution in [0.4, 0.5) is 0 Å². The van der Waals surface area contributed by atoms with Crippen LogP contribution in [-0.4, -0.2) is 31.0 Å². The number of hydrogen-bond donors (Lipinski definition) is 0. The van der Waals surface area contributed by atoms with E-state index >= 15 is 0 Å². The molecule has 0 spiro atoms. The maximum Gasteiger partial charge on any atom is 0.223 e. The Balaban J connectivity index is 1.88. The first-order valence-electron chi connectivity index (χ1n) is 9.54. The topological polar surface area (TPSA) is 29.5 Å². The molecule has 0 bridgehead atoms. The van der Waals surface area contributed by atoms with Gasteiger partial charge in [0, 0.05) is 31.0 Å². The highest BCUT2D eigenvalue weighted by Gasteiger charge is 2.28. The predicted octanol–water partition coefficient (Wildman–Crippen LogP) is 4.72. The highest BCUT2D eigenvalue weighted by Crippen LogP contribution is 2.35. The van der Waals surface area contributed by atoms with Crippen LogP contribution in [0, 0.1) is 11.8 Å². The van der Waals surface area contributed by atoms with Gasteiger partial charge in [-0.25, -0.2) is 0 Å². The van der Waals surface area contributed by atoms with Gasteiger partial charge in [0.05, 0.1) is 7.11 Å². The zero-order chi connectivity index (χ0) is 18.5. The standard InChI is InChI=1S/C23H29NO2/c1-17-13-18(2)16-24(15-17)23(25)14-21(19-9-5-4-6-10-19)20-11-7-8-12-22(20)26-3/h4-12,17-18,21H,13-16H2,1-3H3/t17-,18+,21?. The van der Waals surface area contributed by atoms with E-state index in [0.29, 0.717) is 18.3 Å². The molecular weight excluding hydrogens is 322 g/mol. The van der Waals surface area contributed by atoms with Crippen molar-refractivity contribution in [1.29, 1.82) is 0 Å². The second kappa shape index (κ2) is 8.39. The summed E-state index contributed by atoms with van der Waals surface area (Å²) in [5.41, 5.74) is 2.23. The number of carbonyl (C=O) groups excluding carboxylic acids is 1. The van der Waals surface area contributed by atoms with E-state index in [0.717, 1.165) is 30.0 Å². The highest BCUT2D eigenvalue weighted by molar-refractivity contribution is 5.78. The van der Waals surface area contributed by atoms with E-state index in [1.165, 1.54) is 6.42 Å². The lowest BCUT2D eigenvalue weighted by Gasteiger charge is -2.36. The fourth-order valence-corrected chi connectivity index (χ4v) is 4.22. The maximum absolute atomic E-state index is 13.1. The Morgan fingerprint density at radius 3 is 2.31 bits per heavy atom. The minimum absolute atomic E-state index is 0.00684. The van der Waals surface area contributed by atoms with Gasteiger partial charge in [-0.2, -0.15) is 0 Å². The molecule has 2 aromatic carbocycles. The van der Waals surface area contributed by atoms with E-state index < -0.39 is 0 Å². The number of likely N-dealkylation sites (tertiary alicyclic amines) is 1. The smallest absolute Gasteiger partial charge is 0.223 e. The first-order chi connectivity index (χ1) is 12.6. The monoisotopic (exact) mass is 351 g/mol. The molecule has 0 radical (unpaired) electrons. The van der Waals surface area contributed by atoms with Crippen LogP contribution in [0.25, 0.3) is 0 Å². The van der Waals surface area contributed by atoms with Crippen molar-refractivity contribution in [3.63, 3.8) is 0 Å². The molecule has 1 heterocycles. The van der Waals surface area contributed by atoms with E-state index in [1.54, 1.807) is 7.11 Å². The Kier molecular flexibility index (Phi) is 5.97. The van der Waals surface area contributed by atoms with Gasteiger partial charge in [0.2, 0.25) is 5.91 Å². The van der Waals surface area contributed by atoms with Crippen LogP contribution in [0.3, 0.4) is 0 Å². The SMILES string of the molecule is COc1ccccc1C(CC(=O)N1C[C@H](C)C[C@H](C)C1)c1ccccc1. The summed E-state index contributed by atoms with van der Waals surface area (Å²) < 4.78 is 5.58. The Labute approximate surface area is 157 Å². The molecule has 0 aliphatic carbocycles. The number of hydrogen-bond acceptors (Lipinski definition) is 2. The summed E-state index contributed by atoms with van der Waals surface area (Å²) >= 11 is 0. The highest BCUT2D eigenvalue weighted by atomic mass is 16.5. The lowest BCUT2D eigenvalue weighted by Crippen LogP contribution is -2.43. The van der Waals surface area contributed by atoms with Gasteiger partial charge in [-0.05, 0) is 29.9 Å². The van der Waals surface area contributed by atoms with Crippen molar-refractivity contribution >= 4 is 5.91 Å². The van der Waals surface area contributed by atoms with Gasteiger partial charge in [0.15, 0.2) is 0 Å². The van der Waals surface area contributed by atoms with Crippen molar-refractivity contribution < 1.29 is 9.53 Å². The van der Waals surface area contributed by atoms with E-state index in [1.807, 2.05) is 36.4 Å². The summed E-state index contributed by atoms with van der Waals surface area (Å²) in [5, 5.41) is 0. The summed E-state index contributed by atoms with van der Waals surface area (Å²) in [7, 11) is 1.69. The Morgan fingerprint density at radius 1 is 1.04 bits per heavy atom. The number of piperidine rings is 1. The fourth-order valence-electron chi connectivity index (χ4n) is 4.22. The molecule has 138 valence electrons. The number of nitrogens with zero attached hydrogens (tertiary/aromatic N) is 1. The third-order valence-electron chi connectivity index (χ3n) is 5.32. The molecular formula is C23H29NO2. The van der Waals surface area contributed by atoms with E-state index in [2.05, 4.69) is 36.9 Å². The minimum Gasteiger partial charge on any atom is -0.496 e. The van der Waals surface area contributed by atoms with Gasteiger partial charge in [0.25, 0.3) is 0 Å². The number of para-hydroxylation sites is 1. The van der Waals surface area contributed by atoms with Crippen molar-refractivity contribution in [3.05, 3.63) is 65.7 Å². The third-order valence-corrected chi connectivity index (χ3v) is 5.32. The van der Waals surface area contributed by atoms with Crippen molar-refractivity contribution in [3.8, 4) is 5.75 Å². The molecule has 1 aliphatic rings. The molecule has 3 heteroatoms. The Bertz CT molecular complexity index is 718. The number of amides is 1. The third kappa shape index (κ3) is 4.27. The first-order valence-corrected chi connectivity index (χ1v) is 9.54. The molecule has 2 aromatic rings. The number of ether oxygens (including phenoxy) is 1. The molecule has 26 heavy (non-hydrogen) atoms. The van der Waals surface area contributed by atoms with Gasteiger partial charge in [-0.1, -0.05) is 62.4 Å². The van der Waals surface area contributed by atoms with Crippen LogP contribution in [0.1, 0.15) is 43.7 Å². The number of benzene rings is 2. The normalized spacial score (nSPS) is 21.3. The van der Waals surface area contributed by atoms with E-state index in [4.69, 9.17) is 4.74 Å². The molecule has 0 saturated carbocycles. The minimum atomic E-state index is 0.00684. The largest absolute Gasteiger partial charge is 0.496 e. The zero-order valence-corrected chi connectivity index (χ0v) is 16.0. The molecule has 3 rings (SSSR count). The summed E-state index contributed by atoms with van der Waals surface area (Å²) in [6, 6.07) is 18.3. The second-order valence-corrected chi connectivity index (χ2v) is 7.65. The first kappa shape index (κ1) is 18.5. The van der Waals surface area contributed by atoms with Crippen LogP contribution in [-0.2, 0) is 4.79 Å². The molecule has 0 aromatic heterocycles. The number of methoxy groups -OCH3 is 1. The van der Waals surface area contributed by atoms with Gasteiger partial charge in [-0.3, -0.25) is 4.79 Å². The van der Waals surface area contributed by atoms with Crippen LogP contribution < -0.4 is 4.74 Å². The summed E-state index contributed by atoms with van der Waals surface area (Å²) in [6.45, 7) is 6.23. The molecule has 3 nitrogen and oxygen atoms in total. The van der Waals surface area contributed by atoms with Gasteiger partial charge in [-0.15, -0.1) is 0 Å². The molecule has 1 aliphatic heterocycles. The maximum atomic E-state index is 13.1. The molecule has 1 saturated heterocycles. The number of carbonyl (C=O) groups is 1. The zero-order valence-electron chi connectivity index (χ0n) is 16.0. The van der Waals surface area contributed by atoms with Crippen molar-refractivity contribution in [2.45, 2.75) is 32.6 Å². The average Bonchev–Trinajstić information content (AvgIpc) is 2.66. The van der Waals surface area contributed by atoms with Crippen molar-refractivity contribution in [1.82, 2.24) is 4.90 Å². The number of rotatable bonds is 5.